The number of aromatic nitrogens is 1. The van der Waals surface area contributed by atoms with Crippen LogP contribution in [-0.2, 0) is 4.79 Å². The summed E-state index contributed by atoms with van der Waals surface area (Å²) >= 11 is 0. The van der Waals surface area contributed by atoms with E-state index in [1.54, 1.807) is 12.1 Å². The van der Waals surface area contributed by atoms with E-state index < -0.39 is 0 Å². The molecule has 3 heteroatoms. The van der Waals surface area contributed by atoms with Gasteiger partial charge in [-0.05, 0) is 18.6 Å². The zero-order chi connectivity index (χ0) is 9.26. The summed E-state index contributed by atoms with van der Waals surface area (Å²) in [5.41, 5.74) is 0.920. The number of carbonyl (C=O) groups is 1. The van der Waals surface area contributed by atoms with Crippen molar-refractivity contribution in [2.45, 2.75) is 25.2 Å². The van der Waals surface area contributed by atoms with Gasteiger partial charge < -0.3 is 5.11 Å². The first-order valence-electron chi connectivity index (χ1n) is 4.42. The van der Waals surface area contributed by atoms with E-state index in [2.05, 4.69) is 4.98 Å². The van der Waals surface area contributed by atoms with E-state index in [4.69, 9.17) is 5.11 Å². The molecule has 1 aromatic rings. The molecule has 1 atom stereocenters. The molecular weight excluding hydrogens is 166 g/mol. The van der Waals surface area contributed by atoms with Crippen molar-refractivity contribution < 1.29 is 9.90 Å². The van der Waals surface area contributed by atoms with Crippen molar-refractivity contribution in [3.63, 3.8) is 0 Å². The van der Waals surface area contributed by atoms with Crippen LogP contribution < -0.4 is 0 Å². The number of nitrogens with zero attached hydrogens (tertiary/aromatic N) is 1. The second-order valence-electron chi connectivity index (χ2n) is 3.42. The van der Waals surface area contributed by atoms with E-state index in [0.29, 0.717) is 18.6 Å². The largest absolute Gasteiger partial charge is 0.506 e. The molecule has 13 heavy (non-hydrogen) atoms. The number of Topliss-reactive ketones (excluding diaryl/α,β-unsaturated/α-hetero) is 1. The monoisotopic (exact) mass is 177 g/mol. The van der Waals surface area contributed by atoms with Crippen LogP contribution in [0.2, 0.25) is 0 Å². The zero-order valence-electron chi connectivity index (χ0n) is 7.23. The third-order valence-electron chi connectivity index (χ3n) is 2.43. The summed E-state index contributed by atoms with van der Waals surface area (Å²) in [7, 11) is 0. The van der Waals surface area contributed by atoms with Gasteiger partial charge in [-0.25, -0.2) is 0 Å². The van der Waals surface area contributed by atoms with Gasteiger partial charge in [0.1, 0.15) is 11.5 Å². The lowest BCUT2D eigenvalue weighted by molar-refractivity contribution is -0.117. The summed E-state index contributed by atoms with van der Waals surface area (Å²) in [6.45, 7) is 0. The van der Waals surface area contributed by atoms with Crippen LogP contribution in [0.4, 0.5) is 0 Å². The molecule has 3 nitrogen and oxygen atoms in total. The molecule has 0 aromatic carbocycles. The smallest absolute Gasteiger partial charge is 0.133 e. The fourth-order valence-corrected chi connectivity index (χ4v) is 1.71. The van der Waals surface area contributed by atoms with Crippen LogP contribution in [0.3, 0.4) is 0 Å². The van der Waals surface area contributed by atoms with E-state index in [-0.39, 0.29) is 11.7 Å². The van der Waals surface area contributed by atoms with Gasteiger partial charge in [-0.2, -0.15) is 0 Å². The molecule has 68 valence electrons. The van der Waals surface area contributed by atoms with Crippen LogP contribution in [0, 0.1) is 0 Å². The van der Waals surface area contributed by atoms with Gasteiger partial charge in [0.25, 0.3) is 0 Å². The summed E-state index contributed by atoms with van der Waals surface area (Å²) in [5.74, 6) is 0.765. The number of aromatic hydroxyl groups is 1. The maximum absolute atomic E-state index is 11.0. The predicted molar refractivity (Wildman–Crippen MR) is 47.5 cm³/mol. The number of hydrogen-bond acceptors (Lipinski definition) is 3. The van der Waals surface area contributed by atoms with Crippen LogP contribution in [-0.4, -0.2) is 15.9 Å². The molecule has 2 rings (SSSR count). The van der Waals surface area contributed by atoms with Gasteiger partial charge in [0.15, 0.2) is 0 Å². The lowest BCUT2D eigenvalue weighted by atomic mass is 10.0. The molecule has 1 aliphatic carbocycles. The highest BCUT2D eigenvalue weighted by molar-refractivity contribution is 5.81. The minimum Gasteiger partial charge on any atom is -0.506 e. The van der Waals surface area contributed by atoms with E-state index in [9.17, 15) is 4.79 Å². The first-order chi connectivity index (χ1) is 6.25. The lowest BCUT2D eigenvalue weighted by Gasteiger charge is -2.06. The number of pyridine rings is 1. The molecule has 0 saturated heterocycles. The normalized spacial score (nSPS) is 22.2. The maximum Gasteiger partial charge on any atom is 0.133 e. The Bertz CT molecular complexity index is 318. The highest BCUT2D eigenvalue weighted by Crippen LogP contribution is 2.30. The first-order valence-corrected chi connectivity index (χ1v) is 4.42. The molecule has 1 heterocycles. The SMILES string of the molecule is O=C1CCC(c2ccc(O)cn2)C1. The lowest BCUT2D eigenvalue weighted by Crippen LogP contribution is -1.96. The van der Waals surface area contributed by atoms with Crippen molar-refractivity contribution in [3.05, 3.63) is 24.0 Å². The summed E-state index contributed by atoms with van der Waals surface area (Å²) in [4.78, 5) is 15.1. The average molecular weight is 177 g/mol. The van der Waals surface area contributed by atoms with Gasteiger partial charge in [-0.1, -0.05) is 0 Å². The topological polar surface area (TPSA) is 50.2 Å². The van der Waals surface area contributed by atoms with Gasteiger partial charge in [-0.3, -0.25) is 9.78 Å². The fourth-order valence-electron chi connectivity index (χ4n) is 1.71. The predicted octanol–water partition coefficient (Wildman–Crippen LogP) is 1.62. The summed E-state index contributed by atoms with van der Waals surface area (Å²) in [6, 6.07) is 3.41. The van der Waals surface area contributed by atoms with Crippen molar-refractivity contribution >= 4 is 5.78 Å². The Kier molecular flexibility index (Phi) is 2.00. The molecular formula is C10H11NO2. The molecule has 0 amide bonds. The maximum atomic E-state index is 11.0. The summed E-state index contributed by atoms with van der Waals surface area (Å²) in [5, 5.41) is 9.02. The van der Waals surface area contributed by atoms with Crippen LogP contribution in [0.5, 0.6) is 5.75 Å². The Morgan fingerprint density at radius 2 is 2.31 bits per heavy atom. The minimum atomic E-state index is 0.174. The third-order valence-corrected chi connectivity index (χ3v) is 2.43. The Labute approximate surface area is 76.4 Å². The van der Waals surface area contributed by atoms with E-state index in [0.717, 1.165) is 12.1 Å². The zero-order valence-corrected chi connectivity index (χ0v) is 7.23. The Morgan fingerprint density at radius 1 is 1.46 bits per heavy atom. The van der Waals surface area contributed by atoms with E-state index in [1.807, 2.05) is 0 Å². The molecule has 1 saturated carbocycles. The molecule has 1 N–H and O–H groups in total. The number of hydrogen-bond donors (Lipinski definition) is 1. The van der Waals surface area contributed by atoms with Crippen LogP contribution in [0.25, 0.3) is 0 Å². The molecule has 0 aliphatic heterocycles. The fraction of sp³-hybridized carbons (Fsp3) is 0.400. The van der Waals surface area contributed by atoms with Crippen molar-refractivity contribution in [2.24, 2.45) is 0 Å². The first kappa shape index (κ1) is 8.23. The Morgan fingerprint density at radius 3 is 2.85 bits per heavy atom. The molecule has 1 aliphatic rings. The van der Waals surface area contributed by atoms with Gasteiger partial charge in [0.05, 0.1) is 6.20 Å². The minimum absolute atomic E-state index is 0.174. The van der Waals surface area contributed by atoms with Gasteiger partial charge >= 0.3 is 0 Å². The average Bonchev–Trinajstić information content (AvgIpc) is 2.53. The van der Waals surface area contributed by atoms with Crippen molar-refractivity contribution in [3.8, 4) is 5.75 Å². The molecule has 1 fully saturated rings. The molecule has 0 spiro atoms. The van der Waals surface area contributed by atoms with Crippen molar-refractivity contribution in [2.75, 3.05) is 0 Å². The highest BCUT2D eigenvalue weighted by Gasteiger charge is 2.24. The third kappa shape index (κ3) is 1.69. The van der Waals surface area contributed by atoms with E-state index >= 15 is 0 Å². The number of carbonyl (C=O) groups excluding carboxylic acids is 1. The second-order valence-corrected chi connectivity index (χ2v) is 3.42. The molecule has 0 radical (unpaired) electrons. The summed E-state index contributed by atoms with van der Waals surface area (Å²) in [6.07, 6.45) is 3.61. The van der Waals surface area contributed by atoms with Gasteiger partial charge in [0, 0.05) is 24.5 Å². The molecule has 1 unspecified atom stereocenters. The second kappa shape index (κ2) is 3.17. The van der Waals surface area contributed by atoms with Crippen LogP contribution in [0.1, 0.15) is 30.9 Å². The quantitative estimate of drug-likeness (QED) is 0.709. The van der Waals surface area contributed by atoms with Crippen LogP contribution >= 0.6 is 0 Å². The highest BCUT2D eigenvalue weighted by atomic mass is 16.3. The van der Waals surface area contributed by atoms with E-state index in [1.165, 1.54) is 6.20 Å². The number of rotatable bonds is 1. The van der Waals surface area contributed by atoms with Gasteiger partial charge in [0.2, 0.25) is 0 Å². The standard InChI is InChI=1S/C10H11NO2/c12-8-2-1-7(5-8)10-4-3-9(13)6-11-10/h3-4,6-7,13H,1-2,5H2. The van der Waals surface area contributed by atoms with Crippen molar-refractivity contribution in [1.82, 2.24) is 4.98 Å². The number of ketones is 1. The van der Waals surface area contributed by atoms with Crippen LogP contribution in [0.15, 0.2) is 18.3 Å². The molecule has 0 bridgehead atoms. The van der Waals surface area contributed by atoms with Crippen molar-refractivity contribution in [1.29, 1.82) is 0 Å². The Balaban J connectivity index is 2.17. The summed E-state index contributed by atoms with van der Waals surface area (Å²) < 4.78 is 0. The molecule has 1 aromatic heterocycles. The Hall–Kier alpha value is -1.38. The van der Waals surface area contributed by atoms with Gasteiger partial charge in [-0.15, -0.1) is 0 Å².